The molecule has 3 heteroatoms. The molecule has 100 valence electrons. The molecular formula is C16H16BrClO. The highest BCUT2D eigenvalue weighted by Gasteiger charge is 2.18. The molecule has 0 aliphatic heterocycles. The second-order valence-corrected chi connectivity index (χ2v) is 6.08. The molecule has 0 saturated carbocycles. The zero-order valence-electron chi connectivity index (χ0n) is 10.7. The summed E-state index contributed by atoms with van der Waals surface area (Å²) < 4.78 is 1.03. The van der Waals surface area contributed by atoms with Gasteiger partial charge in [0.05, 0.1) is 6.10 Å². The average molecular weight is 340 g/mol. The number of aliphatic hydroxyl groups is 1. The molecule has 0 fully saturated rings. The van der Waals surface area contributed by atoms with Crippen LogP contribution in [-0.2, 0) is 6.42 Å². The topological polar surface area (TPSA) is 20.2 Å². The van der Waals surface area contributed by atoms with Gasteiger partial charge in [0.1, 0.15) is 0 Å². The fourth-order valence-corrected chi connectivity index (χ4v) is 2.72. The minimum absolute atomic E-state index is 0.0821. The van der Waals surface area contributed by atoms with Gasteiger partial charge >= 0.3 is 0 Å². The zero-order valence-corrected chi connectivity index (χ0v) is 13.0. The zero-order chi connectivity index (χ0) is 13.8. The largest absolute Gasteiger partial charge is 0.393 e. The van der Waals surface area contributed by atoms with Crippen LogP contribution in [0.25, 0.3) is 0 Å². The van der Waals surface area contributed by atoms with E-state index in [2.05, 4.69) is 28.1 Å². The molecule has 2 aromatic carbocycles. The maximum absolute atomic E-state index is 10.0. The highest BCUT2D eigenvalue weighted by molar-refractivity contribution is 9.10. The first-order valence-electron chi connectivity index (χ1n) is 6.24. The summed E-state index contributed by atoms with van der Waals surface area (Å²) >= 11 is 9.37. The Hall–Kier alpha value is -0.830. The molecule has 0 radical (unpaired) electrons. The van der Waals surface area contributed by atoms with Crippen molar-refractivity contribution in [3.63, 3.8) is 0 Å². The molecule has 19 heavy (non-hydrogen) atoms. The maximum Gasteiger partial charge on any atom is 0.0583 e. The quantitative estimate of drug-likeness (QED) is 0.847. The predicted molar refractivity (Wildman–Crippen MR) is 83.7 cm³/mol. The monoisotopic (exact) mass is 338 g/mol. The first-order chi connectivity index (χ1) is 9.06. The lowest BCUT2D eigenvalue weighted by Gasteiger charge is -2.21. The molecule has 0 heterocycles. The Bertz CT molecular complexity index is 537. The van der Waals surface area contributed by atoms with Gasteiger partial charge in [-0.3, -0.25) is 0 Å². The van der Waals surface area contributed by atoms with Crippen LogP contribution >= 0.6 is 27.5 Å². The summed E-state index contributed by atoms with van der Waals surface area (Å²) in [5, 5.41) is 10.8. The first kappa shape index (κ1) is 14.6. The van der Waals surface area contributed by atoms with Crippen LogP contribution in [0.15, 0.2) is 53.0 Å². The van der Waals surface area contributed by atoms with Crippen molar-refractivity contribution in [3.8, 4) is 0 Å². The van der Waals surface area contributed by atoms with Gasteiger partial charge in [0.25, 0.3) is 0 Å². The fourth-order valence-electron chi connectivity index (χ4n) is 2.18. The number of rotatable bonds is 4. The van der Waals surface area contributed by atoms with Crippen molar-refractivity contribution >= 4 is 27.5 Å². The Morgan fingerprint density at radius 2 is 1.84 bits per heavy atom. The van der Waals surface area contributed by atoms with Crippen LogP contribution in [0.2, 0.25) is 5.02 Å². The molecule has 0 amide bonds. The Morgan fingerprint density at radius 3 is 2.42 bits per heavy atom. The Balaban J connectivity index is 2.23. The van der Waals surface area contributed by atoms with Crippen LogP contribution in [0, 0.1) is 0 Å². The minimum atomic E-state index is -0.398. The third-order valence-corrected chi connectivity index (χ3v) is 3.97. The molecule has 0 saturated heterocycles. The summed E-state index contributed by atoms with van der Waals surface area (Å²) in [5.74, 6) is 0.0821. The van der Waals surface area contributed by atoms with Crippen LogP contribution in [-0.4, -0.2) is 11.2 Å². The van der Waals surface area contributed by atoms with Gasteiger partial charge in [0.2, 0.25) is 0 Å². The lowest BCUT2D eigenvalue weighted by atomic mass is 9.88. The van der Waals surface area contributed by atoms with Gasteiger partial charge in [0.15, 0.2) is 0 Å². The van der Waals surface area contributed by atoms with Gasteiger partial charge < -0.3 is 5.11 Å². The van der Waals surface area contributed by atoms with Gasteiger partial charge in [0, 0.05) is 15.4 Å². The van der Waals surface area contributed by atoms with Crippen LogP contribution in [0.1, 0.15) is 24.0 Å². The van der Waals surface area contributed by atoms with Crippen molar-refractivity contribution < 1.29 is 5.11 Å². The molecule has 2 rings (SSSR count). The summed E-state index contributed by atoms with van der Waals surface area (Å²) in [4.78, 5) is 0. The smallest absolute Gasteiger partial charge is 0.0583 e. The number of halogens is 2. The van der Waals surface area contributed by atoms with Crippen LogP contribution < -0.4 is 0 Å². The molecule has 0 unspecified atom stereocenters. The van der Waals surface area contributed by atoms with E-state index in [0.717, 1.165) is 21.5 Å². The molecular weight excluding hydrogens is 324 g/mol. The normalized spacial score (nSPS) is 14.1. The van der Waals surface area contributed by atoms with Crippen molar-refractivity contribution in [3.05, 3.63) is 69.2 Å². The van der Waals surface area contributed by atoms with E-state index in [1.54, 1.807) is 0 Å². The first-order valence-corrected chi connectivity index (χ1v) is 7.41. The van der Waals surface area contributed by atoms with Gasteiger partial charge in [-0.2, -0.15) is 0 Å². The lowest BCUT2D eigenvalue weighted by Crippen LogP contribution is -2.17. The second-order valence-electron chi connectivity index (χ2n) is 4.73. The van der Waals surface area contributed by atoms with Crippen LogP contribution in [0.3, 0.4) is 0 Å². The number of aliphatic hydroxyl groups excluding tert-OH is 1. The highest BCUT2D eigenvalue weighted by atomic mass is 79.9. The highest BCUT2D eigenvalue weighted by Crippen LogP contribution is 2.27. The predicted octanol–water partition coefficient (Wildman–Crippen LogP) is 4.81. The number of hydrogen-bond acceptors (Lipinski definition) is 1. The molecule has 1 N–H and O–H groups in total. The Labute approximate surface area is 127 Å². The van der Waals surface area contributed by atoms with Crippen molar-refractivity contribution in [1.82, 2.24) is 0 Å². The fraction of sp³-hybridized carbons (Fsp3) is 0.250. The lowest BCUT2D eigenvalue weighted by molar-refractivity contribution is 0.161. The number of hydrogen-bond donors (Lipinski definition) is 1. The van der Waals surface area contributed by atoms with Crippen molar-refractivity contribution in [1.29, 1.82) is 0 Å². The van der Waals surface area contributed by atoms with E-state index in [1.807, 2.05) is 43.3 Å². The summed E-state index contributed by atoms with van der Waals surface area (Å²) in [6.07, 6.45) is 0.399. The van der Waals surface area contributed by atoms with Gasteiger partial charge in [-0.05, 0) is 48.7 Å². The molecule has 0 aliphatic rings. The van der Waals surface area contributed by atoms with Crippen LogP contribution in [0.4, 0.5) is 0 Å². The van der Waals surface area contributed by atoms with E-state index in [1.165, 1.54) is 5.56 Å². The molecule has 0 aliphatic carbocycles. The second kappa shape index (κ2) is 6.56. The Morgan fingerprint density at radius 1 is 1.16 bits per heavy atom. The summed E-state index contributed by atoms with van der Waals surface area (Å²) in [5.41, 5.74) is 2.31. The molecule has 1 nitrogen and oxygen atoms in total. The molecule has 0 aromatic heterocycles. The van der Waals surface area contributed by atoms with Gasteiger partial charge in [-0.15, -0.1) is 0 Å². The van der Waals surface area contributed by atoms with Crippen molar-refractivity contribution in [2.75, 3.05) is 0 Å². The van der Waals surface area contributed by atoms with E-state index in [9.17, 15) is 5.11 Å². The molecule has 2 atom stereocenters. The third kappa shape index (κ3) is 4.07. The minimum Gasteiger partial charge on any atom is -0.393 e. The molecule has 0 bridgehead atoms. The van der Waals surface area contributed by atoms with E-state index < -0.39 is 6.10 Å². The van der Waals surface area contributed by atoms with Crippen LogP contribution in [0.5, 0.6) is 0 Å². The van der Waals surface area contributed by atoms with E-state index >= 15 is 0 Å². The van der Waals surface area contributed by atoms with E-state index in [4.69, 9.17) is 11.6 Å². The van der Waals surface area contributed by atoms with Crippen molar-refractivity contribution in [2.24, 2.45) is 0 Å². The van der Waals surface area contributed by atoms with E-state index in [-0.39, 0.29) is 5.92 Å². The SMILES string of the molecule is C[C@@H](O)[C@H](Cc1ccc(Cl)cc1)c1cccc(Br)c1. The average Bonchev–Trinajstić information content (AvgIpc) is 2.37. The summed E-state index contributed by atoms with van der Waals surface area (Å²) in [6, 6.07) is 15.9. The summed E-state index contributed by atoms with van der Waals surface area (Å²) in [6.45, 7) is 1.83. The Kier molecular flexibility index (Phi) is 5.03. The maximum atomic E-state index is 10.0. The van der Waals surface area contributed by atoms with Gasteiger partial charge in [-0.1, -0.05) is 51.8 Å². The summed E-state index contributed by atoms with van der Waals surface area (Å²) in [7, 11) is 0. The number of benzene rings is 2. The van der Waals surface area contributed by atoms with Gasteiger partial charge in [-0.25, -0.2) is 0 Å². The molecule has 2 aromatic rings. The third-order valence-electron chi connectivity index (χ3n) is 3.23. The van der Waals surface area contributed by atoms with E-state index in [0.29, 0.717) is 0 Å². The standard InChI is InChI=1S/C16H16BrClO/c1-11(19)16(13-3-2-4-14(17)10-13)9-12-5-7-15(18)8-6-12/h2-8,10-11,16,19H,9H2,1H3/t11-,16+/m1/s1. The molecule has 0 spiro atoms. The van der Waals surface area contributed by atoms with Crippen molar-refractivity contribution in [2.45, 2.75) is 25.4 Å².